The van der Waals surface area contributed by atoms with Crippen LogP contribution in [0, 0.1) is 0 Å². The largest absolute Gasteiger partial charge is 0.494 e. The molecule has 0 bridgehead atoms. The molecule has 2 amide bonds. The van der Waals surface area contributed by atoms with Gasteiger partial charge < -0.3 is 15.0 Å². The second-order valence-corrected chi connectivity index (χ2v) is 10.6. The molecule has 2 rings (SSSR count). The van der Waals surface area contributed by atoms with Crippen molar-refractivity contribution in [1.82, 2.24) is 10.2 Å². The number of carbonyl (C=O) groups excluding carboxylic acids is 2. The lowest BCUT2D eigenvalue weighted by atomic mass is 10.1. The van der Waals surface area contributed by atoms with Gasteiger partial charge in [0.25, 0.3) is 0 Å². The van der Waals surface area contributed by atoms with Crippen LogP contribution in [0.5, 0.6) is 5.75 Å². The summed E-state index contributed by atoms with van der Waals surface area (Å²) in [7, 11) is -3.77. The number of benzene rings is 2. The molecule has 0 aliphatic rings. The van der Waals surface area contributed by atoms with Gasteiger partial charge in [-0.25, -0.2) is 8.42 Å². The Hall–Kier alpha value is -2.59. The normalized spacial score (nSPS) is 12.0. The van der Waals surface area contributed by atoms with E-state index in [9.17, 15) is 18.0 Å². The summed E-state index contributed by atoms with van der Waals surface area (Å²) in [5, 5.41) is 2.81. The van der Waals surface area contributed by atoms with Gasteiger partial charge >= 0.3 is 0 Å². The van der Waals surface area contributed by atoms with Crippen molar-refractivity contribution in [3.05, 3.63) is 58.6 Å². The molecule has 34 heavy (non-hydrogen) atoms. The van der Waals surface area contributed by atoms with Crippen molar-refractivity contribution in [1.29, 1.82) is 0 Å². The number of nitrogens with zero attached hydrogens (tertiary/aromatic N) is 2. The quantitative estimate of drug-likeness (QED) is 0.433. The van der Waals surface area contributed by atoms with E-state index in [1.807, 2.05) is 38.1 Å². The van der Waals surface area contributed by atoms with Gasteiger partial charge in [0.15, 0.2) is 0 Å². The van der Waals surface area contributed by atoms with Crippen LogP contribution >= 0.6 is 15.9 Å². The number of ether oxygens (including phenoxy) is 1. The minimum absolute atomic E-state index is 0.160. The Kier molecular flexibility index (Phi) is 10.4. The summed E-state index contributed by atoms with van der Waals surface area (Å²) in [6.07, 6.45) is 1.81. The smallest absolute Gasteiger partial charge is 0.244 e. The maximum Gasteiger partial charge on any atom is 0.244 e. The van der Waals surface area contributed by atoms with E-state index in [-0.39, 0.29) is 12.5 Å². The molecule has 0 heterocycles. The van der Waals surface area contributed by atoms with E-state index >= 15 is 0 Å². The number of nitrogens with one attached hydrogen (secondary N) is 1. The van der Waals surface area contributed by atoms with Crippen molar-refractivity contribution in [2.24, 2.45) is 0 Å². The Morgan fingerprint density at radius 3 is 2.21 bits per heavy atom. The zero-order valence-electron chi connectivity index (χ0n) is 20.0. The van der Waals surface area contributed by atoms with Crippen molar-refractivity contribution in [2.45, 2.75) is 39.8 Å². The van der Waals surface area contributed by atoms with Crippen molar-refractivity contribution in [2.75, 3.05) is 30.3 Å². The summed E-state index contributed by atoms with van der Waals surface area (Å²) in [4.78, 5) is 27.5. The SMILES string of the molecule is CCCNC(=O)[C@H](C)N(Cc1ccc(Br)cc1)C(=O)CN(c1ccc(OCC)cc1)S(C)(=O)=O. The number of halogens is 1. The molecule has 0 saturated heterocycles. The molecule has 0 unspecified atom stereocenters. The maximum absolute atomic E-state index is 13.4. The first kappa shape index (κ1) is 27.7. The van der Waals surface area contributed by atoms with Gasteiger partial charge in [0, 0.05) is 17.6 Å². The molecule has 0 fully saturated rings. The van der Waals surface area contributed by atoms with Crippen molar-refractivity contribution >= 4 is 43.5 Å². The number of hydrogen-bond donors (Lipinski definition) is 1. The lowest BCUT2D eigenvalue weighted by molar-refractivity contribution is -0.139. The van der Waals surface area contributed by atoms with Crippen LogP contribution in [0.15, 0.2) is 53.0 Å². The maximum atomic E-state index is 13.4. The molecule has 1 atom stereocenters. The molecular formula is C24H32BrN3O5S. The van der Waals surface area contributed by atoms with Gasteiger partial charge in [0.2, 0.25) is 21.8 Å². The molecule has 0 aromatic heterocycles. The fourth-order valence-electron chi connectivity index (χ4n) is 3.25. The number of carbonyl (C=O) groups is 2. The minimum Gasteiger partial charge on any atom is -0.494 e. The highest BCUT2D eigenvalue weighted by atomic mass is 79.9. The highest BCUT2D eigenvalue weighted by Gasteiger charge is 2.30. The van der Waals surface area contributed by atoms with Crippen molar-refractivity contribution < 1.29 is 22.7 Å². The Morgan fingerprint density at radius 1 is 1.06 bits per heavy atom. The summed E-state index contributed by atoms with van der Waals surface area (Å²) < 4.78 is 32.5. The number of hydrogen-bond acceptors (Lipinski definition) is 5. The molecule has 2 aromatic rings. The second-order valence-electron chi connectivity index (χ2n) is 7.81. The number of sulfonamides is 1. The molecule has 0 aliphatic carbocycles. The number of anilines is 1. The molecule has 0 aliphatic heterocycles. The van der Waals surface area contributed by atoms with Gasteiger partial charge in [-0.05, 0) is 62.2 Å². The first-order chi connectivity index (χ1) is 16.1. The van der Waals surface area contributed by atoms with Crippen LogP contribution in [0.4, 0.5) is 5.69 Å². The summed E-state index contributed by atoms with van der Waals surface area (Å²) >= 11 is 3.39. The van der Waals surface area contributed by atoms with Gasteiger partial charge in [-0.3, -0.25) is 13.9 Å². The van der Waals surface area contributed by atoms with E-state index in [1.165, 1.54) is 4.90 Å². The third-order valence-corrected chi connectivity index (χ3v) is 6.77. The summed E-state index contributed by atoms with van der Waals surface area (Å²) in [5.74, 6) is -0.176. The van der Waals surface area contributed by atoms with Crippen LogP contribution in [0.1, 0.15) is 32.8 Å². The molecule has 1 N–H and O–H groups in total. The van der Waals surface area contributed by atoms with Crippen LogP contribution in [-0.4, -0.2) is 57.1 Å². The predicted molar refractivity (Wildman–Crippen MR) is 137 cm³/mol. The van der Waals surface area contributed by atoms with Crippen LogP contribution in [0.3, 0.4) is 0 Å². The molecule has 0 saturated carbocycles. The van der Waals surface area contributed by atoms with Gasteiger partial charge in [-0.1, -0.05) is 35.0 Å². The van der Waals surface area contributed by atoms with E-state index in [0.717, 1.165) is 27.0 Å². The summed E-state index contributed by atoms with van der Waals surface area (Å²) in [6.45, 7) is 6.14. The van der Waals surface area contributed by atoms with Gasteiger partial charge in [0.05, 0.1) is 18.6 Å². The molecule has 10 heteroatoms. The molecule has 0 spiro atoms. The molecule has 8 nitrogen and oxygen atoms in total. The van der Waals surface area contributed by atoms with Gasteiger partial charge in [-0.2, -0.15) is 0 Å². The number of rotatable bonds is 12. The predicted octanol–water partition coefficient (Wildman–Crippen LogP) is 3.56. The van der Waals surface area contributed by atoms with Crippen LogP contribution < -0.4 is 14.4 Å². The van der Waals surface area contributed by atoms with Gasteiger partial charge in [0.1, 0.15) is 18.3 Å². The highest BCUT2D eigenvalue weighted by Crippen LogP contribution is 2.23. The Bertz CT molecular complexity index is 1060. The van der Waals surface area contributed by atoms with E-state index in [1.54, 1.807) is 31.2 Å². The van der Waals surface area contributed by atoms with E-state index in [0.29, 0.717) is 24.6 Å². The Morgan fingerprint density at radius 2 is 1.68 bits per heavy atom. The zero-order chi connectivity index (χ0) is 25.3. The summed E-state index contributed by atoms with van der Waals surface area (Å²) in [5.41, 5.74) is 1.16. The van der Waals surface area contributed by atoms with Gasteiger partial charge in [-0.15, -0.1) is 0 Å². The Balaban J connectivity index is 2.33. The third-order valence-electron chi connectivity index (χ3n) is 5.10. The number of amides is 2. The molecular weight excluding hydrogens is 522 g/mol. The van der Waals surface area contributed by atoms with Crippen molar-refractivity contribution in [3.63, 3.8) is 0 Å². The standard InChI is InChI=1S/C24H32BrN3O5S/c1-5-15-26-24(30)18(3)27(16-19-7-9-20(25)10-8-19)23(29)17-28(34(4,31)32)21-11-13-22(14-12-21)33-6-2/h7-14,18H,5-6,15-17H2,1-4H3,(H,26,30)/t18-/m0/s1. The third kappa shape index (κ3) is 8.02. The van der Waals surface area contributed by atoms with E-state index in [2.05, 4.69) is 21.2 Å². The van der Waals surface area contributed by atoms with Crippen LogP contribution in [0.2, 0.25) is 0 Å². The molecule has 0 radical (unpaired) electrons. The van der Waals surface area contributed by atoms with Crippen LogP contribution in [-0.2, 0) is 26.2 Å². The van der Waals surface area contributed by atoms with E-state index < -0.39 is 28.5 Å². The average molecular weight is 555 g/mol. The topological polar surface area (TPSA) is 96.0 Å². The van der Waals surface area contributed by atoms with E-state index in [4.69, 9.17) is 4.74 Å². The lowest BCUT2D eigenvalue weighted by Crippen LogP contribution is -2.51. The highest BCUT2D eigenvalue weighted by molar-refractivity contribution is 9.10. The lowest BCUT2D eigenvalue weighted by Gasteiger charge is -2.31. The fourth-order valence-corrected chi connectivity index (χ4v) is 4.37. The first-order valence-electron chi connectivity index (χ1n) is 11.1. The minimum atomic E-state index is -3.77. The molecule has 186 valence electrons. The monoisotopic (exact) mass is 553 g/mol. The summed E-state index contributed by atoms with van der Waals surface area (Å²) in [6, 6.07) is 13.1. The first-order valence-corrected chi connectivity index (χ1v) is 13.7. The molecule has 2 aromatic carbocycles. The average Bonchev–Trinajstić information content (AvgIpc) is 2.80. The second kappa shape index (κ2) is 12.8. The Labute approximate surface area is 210 Å². The van der Waals surface area contributed by atoms with Crippen LogP contribution in [0.25, 0.3) is 0 Å². The fraction of sp³-hybridized carbons (Fsp3) is 0.417. The van der Waals surface area contributed by atoms with Crippen molar-refractivity contribution in [3.8, 4) is 5.75 Å². The zero-order valence-corrected chi connectivity index (χ0v) is 22.4.